The number of aliphatic hydroxyl groups excluding tert-OH is 1. The monoisotopic (exact) mass is 240 g/mol. The minimum Gasteiger partial charge on any atom is -0.393 e. The fraction of sp³-hybridized carbons (Fsp3) is 0.750. The molecule has 0 spiro atoms. The van der Waals surface area contributed by atoms with E-state index in [0.717, 1.165) is 37.9 Å². The van der Waals surface area contributed by atoms with Gasteiger partial charge in [-0.05, 0) is 39.7 Å². The maximum absolute atomic E-state index is 9.48. The van der Waals surface area contributed by atoms with Crippen molar-refractivity contribution in [3.05, 3.63) is 16.1 Å². The number of hydrogen-bond donors (Lipinski definition) is 1. The van der Waals surface area contributed by atoms with Gasteiger partial charge >= 0.3 is 0 Å². The van der Waals surface area contributed by atoms with Crippen molar-refractivity contribution in [2.45, 2.75) is 51.3 Å². The summed E-state index contributed by atoms with van der Waals surface area (Å²) < 4.78 is 0. The standard InChI is InChI=1S/C12H20N2OS/c1-9-12(16-8-13-9)7-14(2)10-3-5-11(15)6-4-10/h8,10-11,15H,3-7H2,1-2H3. The number of aliphatic hydroxyl groups is 1. The second-order valence-corrected chi connectivity index (χ2v) is 5.68. The second-order valence-electron chi connectivity index (χ2n) is 4.74. The average molecular weight is 240 g/mol. The van der Waals surface area contributed by atoms with Gasteiger partial charge < -0.3 is 5.11 Å². The molecule has 1 aliphatic rings. The van der Waals surface area contributed by atoms with Gasteiger partial charge in [0.25, 0.3) is 0 Å². The summed E-state index contributed by atoms with van der Waals surface area (Å²) in [6.07, 6.45) is 4.09. The molecule has 0 aliphatic heterocycles. The fourth-order valence-corrected chi connectivity index (χ4v) is 3.17. The Morgan fingerprint density at radius 2 is 2.12 bits per heavy atom. The van der Waals surface area contributed by atoms with E-state index >= 15 is 0 Å². The Morgan fingerprint density at radius 1 is 1.44 bits per heavy atom. The molecule has 3 nitrogen and oxygen atoms in total. The van der Waals surface area contributed by atoms with Gasteiger partial charge in [-0.15, -0.1) is 11.3 Å². The fourth-order valence-electron chi connectivity index (χ4n) is 2.33. The second kappa shape index (κ2) is 5.25. The molecule has 90 valence electrons. The third-order valence-corrected chi connectivity index (χ3v) is 4.45. The number of rotatable bonds is 3. The van der Waals surface area contributed by atoms with E-state index in [1.807, 2.05) is 5.51 Å². The summed E-state index contributed by atoms with van der Waals surface area (Å²) in [4.78, 5) is 8.06. The molecule has 1 fully saturated rings. The zero-order valence-corrected chi connectivity index (χ0v) is 10.8. The van der Waals surface area contributed by atoms with E-state index in [4.69, 9.17) is 0 Å². The van der Waals surface area contributed by atoms with E-state index in [2.05, 4.69) is 23.9 Å². The summed E-state index contributed by atoms with van der Waals surface area (Å²) in [6.45, 7) is 3.07. The highest BCUT2D eigenvalue weighted by molar-refractivity contribution is 7.09. The lowest BCUT2D eigenvalue weighted by Crippen LogP contribution is -2.35. The summed E-state index contributed by atoms with van der Waals surface area (Å²) in [6, 6.07) is 0.630. The average Bonchev–Trinajstić information content (AvgIpc) is 2.65. The van der Waals surface area contributed by atoms with Crippen LogP contribution >= 0.6 is 11.3 Å². The first-order chi connectivity index (χ1) is 7.66. The molecular weight excluding hydrogens is 220 g/mol. The van der Waals surface area contributed by atoms with Crippen LogP contribution in [0.15, 0.2) is 5.51 Å². The van der Waals surface area contributed by atoms with E-state index in [1.165, 1.54) is 4.88 Å². The first-order valence-corrected chi connectivity index (χ1v) is 6.82. The summed E-state index contributed by atoms with van der Waals surface area (Å²) in [5.74, 6) is 0. The van der Waals surface area contributed by atoms with Gasteiger partial charge in [-0.25, -0.2) is 4.98 Å². The molecule has 0 unspecified atom stereocenters. The van der Waals surface area contributed by atoms with Gasteiger partial charge in [0, 0.05) is 17.5 Å². The van der Waals surface area contributed by atoms with Crippen molar-refractivity contribution in [1.82, 2.24) is 9.88 Å². The quantitative estimate of drug-likeness (QED) is 0.880. The van der Waals surface area contributed by atoms with Crippen LogP contribution in [-0.4, -0.2) is 34.2 Å². The molecule has 1 saturated carbocycles. The summed E-state index contributed by atoms with van der Waals surface area (Å²) in [5.41, 5.74) is 3.08. The molecule has 0 saturated heterocycles. The normalized spacial score (nSPS) is 26.2. The summed E-state index contributed by atoms with van der Waals surface area (Å²) in [7, 11) is 2.18. The van der Waals surface area contributed by atoms with Crippen LogP contribution in [0.3, 0.4) is 0 Å². The van der Waals surface area contributed by atoms with Gasteiger partial charge in [-0.1, -0.05) is 0 Å². The smallest absolute Gasteiger partial charge is 0.0798 e. The van der Waals surface area contributed by atoms with Gasteiger partial charge in [0.1, 0.15) is 0 Å². The molecule has 1 heterocycles. The lowest BCUT2D eigenvalue weighted by Gasteiger charge is -2.32. The SMILES string of the molecule is Cc1ncsc1CN(C)C1CCC(O)CC1. The predicted octanol–water partition coefficient (Wildman–Crippen LogP) is 2.19. The molecule has 16 heavy (non-hydrogen) atoms. The van der Waals surface area contributed by atoms with Crippen molar-refractivity contribution in [1.29, 1.82) is 0 Å². The van der Waals surface area contributed by atoms with Crippen molar-refractivity contribution >= 4 is 11.3 Å². The maximum atomic E-state index is 9.48. The van der Waals surface area contributed by atoms with Crippen LogP contribution in [0.25, 0.3) is 0 Å². The highest BCUT2D eigenvalue weighted by Gasteiger charge is 2.23. The van der Waals surface area contributed by atoms with E-state index in [-0.39, 0.29) is 6.10 Å². The van der Waals surface area contributed by atoms with Crippen LogP contribution in [0.1, 0.15) is 36.3 Å². The predicted molar refractivity (Wildman–Crippen MR) is 66.6 cm³/mol. The third kappa shape index (κ3) is 2.81. The van der Waals surface area contributed by atoms with Gasteiger partial charge in [-0.3, -0.25) is 4.90 Å². The summed E-state index contributed by atoms with van der Waals surface area (Å²) in [5, 5.41) is 9.48. The highest BCUT2D eigenvalue weighted by atomic mass is 32.1. The molecule has 0 atom stereocenters. The molecule has 0 bridgehead atoms. The molecule has 2 rings (SSSR count). The van der Waals surface area contributed by atoms with Crippen LogP contribution in [-0.2, 0) is 6.54 Å². The lowest BCUT2D eigenvalue weighted by atomic mass is 9.92. The molecule has 4 heteroatoms. The highest BCUT2D eigenvalue weighted by Crippen LogP contribution is 2.24. The molecule has 0 radical (unpaired) electrons. The third-order valence-electron chi connectivity index (χ3n) is 3.53. The first kappa shape index (κ1) is 12.0. The number of aryl methyl sites for hydroxylation is 1. The van der Waals surface area contributed by atoms with Gasteiger partial charge in [0.15, 0.2) is 0 Å². The van der Waals surface area contributed by atoms with Crippen LogP contribution in [0.2, 0.25) is 0 Å². The van der Waals surface area contributed by atoms with Crippen LogP contribution in [0, 0.1) is 6.92 Å². The molecule has 1 aliphatic carbocycles. The van der Waals surface area contributed by atoms with Crippen LogP contribution in [0.4, 0.5) is 0 Å². The van der Waals surface area contributed by atoms with E-state index < -0.39 is 0 Å². The lowest BCUT2D eigenvalue weighted by molar-refractivity contribution is 0.0820. The number of nitrogens with zero attached hydrogens (tertiary/aromatic N) is 2. The van der Waals surface area contributed by atoms with Gasteiger partial charge in [-0.2, -0.15) is 0 Å². The Balaban J connectivity index is 1.88. The van der Waals surface area contributed by atoms with E-state index in [1.54, 1.807) is 11.3 Å². The Labute approximate surface area is 101 Å². The molecule has 1 aromatic rings. The number of aromatic nitrogens is 1. The van der Waals surface area contributed by atoms with Crippen molar-refractivity contribution in [2.75, 3.05) is 7.05 Å². The topological polar surface area (TPSA) is 36.4 Å². The molecule has 0 amide bonds. The zero-order chi connectivity index (χ0) is 11.5. The Kier molecular flexibility index (Phi) is 3.95. The Bertz CT molecular complexity index is 332. The van der Waals surface area contributed by atoms with Crippen LogP contribution in [0.5, 0.6) is 0 Å². The van der Waals surface area contributed by atoms with E-state index in [0.29, 0.717) is 6.04 Å². The minimum atomic E-state index is -0.0604. The van der Waals surface area contributed by atoms with Crippen molar-refractivity contribution in [3.8, 4) is 0 Å². The van der Waals surface area contributed by atoms with E-state index in [9.17, 15) is 5.11 Å². The number of hydrogen-bond acceptors (Lipinski definition) is 4. The largest absolute Gasteiger partial charge is 0.393 e. The van der Waals surface area contributed by atoms with Crippen LogP contribution < -0.4 is 0 Å². The molecule has 0 aromatic carbocycles. The van der Waals surface area contributed by atoms with Gasteiger partial charge in [0.2, 0.25) is 0 Å². The van der Waals surface area contributed by atoms with Gasteiger partial charge in [0.05, 0.1) is 17.3 Å². The first-order valence-electron chi connectivity index (χ1n) is 5.94. The maximum Gasteiger partial charge on any atom is 0.0798 e. The molecular formula is C12H20N2OS. The molecule has 1 N–H and O–H groups in total. The van der Waals surface area contributed by atoms with Crippen molar-refractivity contribution in [3.63, 3.8) is 0 Å². The Hall–Kier alpha value is -0.450. The Morgan fingerprint density at radius 3 is 2.69 bits per heavy atom. The minimum absolute atomic E-state index is 0.0604. The summed E-state index contributed by atoms with van der Waals surface area (Å²) >= 11 is 1.74. The zero-order valence-electron chi connectivity index (χ0n) is 10.0. The van der Waals surface area contributed by atoms with Crippen molar-refractivity contribution in [2.24, 2.45) is 0 Å². The molecule has 1 aromatic heterocycles. The van der Waals surface area contributed by atoms with Crippen molar-refractivity contribution < 1.29 is 5.11 Å². The number of thiazole rings is 1.